The Labute approximate surface area is 147 Å². The maximum atomic E-state index is 11.1. The van der Waals surface area contributed by atoms with Crippen molar-refractivity contribution >= 4 is 21.8 Å². The molecule has 0 saturated carbocycles. The molecule has 2 aromatic rings. The summed E-state index contributed by atoms with van der Waals surface area (Å²) >= 11 is 5.03. The number of nitrogens with one attached hydrogen (secondary N) is 1. The Kier molecular flexibility index (Phi) is 9.13. The van der Waals surface area contributed by atoms with Crippen LogP contribution in [0.2, 0.25) is 0 Å². The van der Waals surface area contributed by atoms with E-state index >= 15 is 0 Å². The molecular formula is C13H15ClNNaO3S. The first-order valence-corrected chi connectivity index (χ1v) is 7.25. The average molecular weight is 324 g/mol. The van der Waals surface area contributed by atoms with Crippen LogP contribution in [0.25, 0.3) is 0 Å². The zero-order valence-corrected chi connectivity index (χ0v) is 14.8. The van der Waals surface area contributed by atoms with E-state index in [1.807, 2.05) is 13.0 Å². The monoisotopic (exact) mass is 323 g/mol. The third-order valence-corrected chi connectivity index (χ3v) is 3.89. The quantitative estimate of drug-likeness (QED) is 0.601. The summed E-state index contributed by atoms with van der Waals surface area (Å²) in [6.45, 7) is 1.88. The maximum absolute atomic E-state index is 11.1. The summed E-state index contributed by atoms with van der Waals surface area (Å²) in [5.74, 6) is 0.322. The number of aryl methyl sites for hydroxylation is 1. The fourth-order valence-corrected chi connectivity index (χ4v) is 2.04. The molecule has 2 rings (SSSR count). The first-order valence-electron chi connectivity index (χ1n) is 5.39. The van der Waals surface area contributed by atoms with Gasteiger partial charge in [0, 0.05) is 0 Å². The Morgan fingerprint density at radius 2 is 1.55 bits per heavy atom. The molecule has 0 spiro atoms. The molecular weight excluding hydrogens is 309 g/mol. The van der Waals surface area contributed by atoms with Gasteiger partial charge in [-0.05, 0) is 43.0 Å². The third kappa shape index (κ3) is 6.74. The number of halogens is 1. The van der Waals surface area contributed by atoms with Gasteiger partial charge in [0.25, 0.3) is 10.0 Å². The van der Waals surface area contributed by atoms with Crippen LogP contribution in [0.3, 0.4) is 0 Å². The summed E-state index contributed by atoms with van der Waals surface area (Å²) in [5, 5.41) is 8.63. The number of aromatic hydroxyl groups is 1. The summed E-state index contributed by atoms with van der Waals surface area (Å²) in [4.78, 5) is 0.170. The van der Waals surface area contributed by atoms with Crippen LogP contribution >= 0.6 is 11.8 Å². The molecule has 0 fully saturated rings. The van der Waals surface area contributed by atoms with Gasteiger partial charge in [0.2, 0.25) is 0 Å². The van der Waals surface area contributed by atoms with Gasteiger partial charge in [0.1, 0.15) is 5.75 Å². The van der Waals surface area contributed by atoms with Gasteiger partial charge in [-0.15, -0.1) is 4.24 Å². The molecule has 2 N–H and O–H groups in total. The minimum Gasteiger partial charge on any atom is -1.00 e. The fourth-order valence-electron chi connectivity index (χ4n) is 1.19. The van der Waals surface area contributed by atoms with E-state index < -0.39 is 10.0 Å². The van der Waals surface area contributed by atoms with Crippen molar-refractivity contribution in [3.63, 3.8) is 0 Å². The SMILES string of the molecule is Cc1ccc(S(=O)(=O)NCl)cc1.Oc1ccccc1.[H-].[Na+]. The Bertz CT molecular complexity index is 609. The number of sulfonamides is 1. The van der Waals surface area contributed by atoms with Crippen molar-refractivity contribution in [3.8, 4) is 5.75 Å². The van der Waals surface area contributed by atoms with E-state index in [1.165, 1.54) is 12.1 Å². The van der Waals surface area contributed by atoms with Gasteiger partial charge in [-0.3, -0.25) is 0 Å². The smallest absolute Gasteiger partial charge is 1.00 e. The van der Waals surface area contributed by atoms with E-state index in [9.17, 15) is 8.42 Å². The Morgan fingerprint density at radius 3 is 1.90 bits per heavy atom. The molecule has 0 aliphatic carbocycles. The summed E-state index contributed by atoms with van der Waals surface area (Å²) in [6.07, 6.45) is 0. The van der Waals surface area contributed by atoms with Crippen molar-refractivity contribution in [1.82, 2.24) is 4.24 Å². The van der Waals surface area contributed by atoms with Crippen molar-refractivity contribution in [1.29, 1.82) is 0 Å². The molecule has 20 heavy (non-hydrogen) atoms. The zero-order chi connectivity index (χ0) is 14.3. The van der Waals surface area contributed by atoms with Crippen LogP contribution in [0, 0.1) is 6.92 Å². The molecule has 104 valence electrons. The molecule has 0 aliphatic heterocycles. The Hall–Kier alpha value is -0.560. The third-order valence-electron chi connectivity index (χ3n) is 2.19. The zero-order valence-electron chi connectivity index (χ0n) is 12.2. The second-order valence-corrected chi connectivity index (χ2v) is 5.82. The van der Waals surface area contributed by atoms with Crippen LogP contribution in [0.1, 0.15) is 6.99 Å². The largest absolute Gasteiger partial charge is 1.00 e. The molecule has 0 atom stereocenters. The predicted octanol–water partition coefficient (Wildman–Crippen LogP) is -0.0642. The number of para-hydroxylation sites is 1. The maximum Gasteiger partial charge on any atom is 1.00 e. The summed E-state index contributed by atoms with van der Waals surface area (Å²) < 4.78 is 23.9. The van der Waals surface area contributed by atoms with Crippen LogP contribution in [-0.2, 0) is 10.0 Å². The van der Waals surface area contributed by atoms with Crippen LogP contribution in [-0.4, -0.2) is 13.5 Å². The van der Waals surface area contributed by atoms with Crippen molar-refractivity contribution < 1.29 is 44.5 Å². The number of rotatable bonds is 2. The fraction of sp³-hybridized carbons (Fsp3) is 0.0769. The van der Waals surface area contributed by atoms with E-state index in [0.29, 0.717) is 5.75 Å². The van der Waals surface area contributed by atoms with Crippen LogP contribution in [0.5, 0.6) is 5.75 Å². The van der Waals surface area contributed by atoms with Crippen LogP contribution < -0.4 is 33.8 Å². The minimum atomic E-state index is -3.50. The van der Waals surface area contributed by atoms with Gasteiger partial charge in [-0.2, -0.15) is 0 Å². The Morgan fingerprint density at radius 1 is 1.05 bits per heavy atom. The molecule has 7 heteroatoms. The second-order valence-electron chi connectivity index (χ2n) is 3.73. The van der Waals surface area contributed by atoms with Gasteiger partial charge in [-0.25, -0.2) is 8.42 Å². The van der Waals surface area contributed by atoms with Crippen molar-refractivity contribution in [2.75, 3.05) is 0 Å². The molecule has 0 aliphatic rings. The van der Waals surface area contributed by atoms with Gasteiger partial charge in [0.05, 0.1) is 4.90 Å². The first-order chi connectivity index (χ1) is 8.95. The van der Waals surface area contributed by atoms with E-state index in [-0.39, 0.29) is 35.9 Å². The molecule has 0 unspecified atom stereocenters. The number of hydrogen-bond acceptors (Lipinski definition) is 3. The van der Waals surface area contributed by atoms with Crippen molar-refractivity contribution in [3.05, 3.63) is 60.2 Å². The topological polar surface area (TPSA) is 66.4 Å². The summed E-state index contributed by atoms with van der Waals surface area (Å²) in [5.41, 5.74) is 1.00. The van der Waals surface area contributed by atoms with Gasteiger partial charge in [0.15, 0.2) is 0 Å². The average Bonchev–Trinajstić information content (AvgIpc) is 2.41. The molecule has 0 aromatic heterocycles. The van der Waals surface area contributed by atoms with E-state index in [0.717, 1.165) is 5.56 Å². The molecule has 2 aromatic carbocycles. The molecule has 0 saturated heterocycles. The number of hydrogen-bond donors (Lipinski definition) is 2. The van der Waals surface area contributed by atoms with E-state index in [2.05, 4.69) is 0 Å². The second kappa shape index (κ2) is 9.39. The summed E-state index contributed by atoms with van der Waals surface area (Å²) in [7, 11) is -3.50. The molecule has 4 nitrogen and oxygen atoms in total. The van der Waals surface area contributed by atoms with Crippen molar-refractivity contribution in [2.45, 2.75) is 11.8 Å². The molecule has 0 amide bonds. The summed E-state index contributed by atoms with van der Waals surface area (Å²) in [6, 6.07) is 15.1. The van der Waals surface area contributed by atoms with Crippen LogP contribution in [0.4, 0.5) is 0 Å². The molecule has 0 bridgehead atoms. The van der Waals surface area contributed by atoms with Crippen LogP contribution in [0.15, 0.2) is 59.5 Å². The normalized spacial score (nSPS) is 9.90. The van der Waals surface area contributed by atoms with Gasteiger partial charge >= 0.3 is 29.6 Å². The van der Waals surface area contributed by atoms with Gasteiger partial charge in [-0.1, -0.05) is 35.9 Å². The van der Waals surface area contributed by atoms with E-state index in [1.54, 1.807) is 40.6 Å². The number of benzene rings is 2. The van der Waals surface area contributed by atoms with Crippen molar-refractivity contribution in [2.24, 2.45) is 0 Å². The molecule has 0 heterocycles. The van der Waals surface area contributed by atoms with E-state index in [4.69, 9.17) is 16.9 Å². The predicted molar refractivity (Wildman–Crippen MR) is 76.6 cm³/mol. The molecule has 0 radical (unpaired) electrons. The number of phenolic OH excluding ortho intramolecular Hbond substituents is 1. The first kappa shape index (κ1) is 19.4. The number of phenols is 1. The van der Waals surface area contributed by atoms with Gasteiger partial charge < -0.3 is 6.53 Å². The minimum absolute atomic E-state index is 0. The standard InChI is InChI=1S/C7H8ClNO2S.C6H6O.Na.H/c1-6-2-4-7(5-3-6)12(10,11)9-8;7-6-4-2-1-3-5-6;;/h2-5,9H,1H3;1-5,7H;;/q;;+1;-1. The Balaban J connectivity index is 0.